The SMILES string of the molecule is Cc1nc(-c2ccnn2C(C)C)cc([C@@H]2CCCN2C(=O)C(C)(C)C)n1. The number of rotatable bonds is 3. The van der Waals surface area contributed by atoms with Gasteiger partial charge in [-0.1, -0.05) is 20.8 Å². The van der Waals surface area contributed by atoms with Crippen molar-refractivity contribution >= 4 is 5.91 Å². The third-order valence-electron chi connectivity index (χ3n) is 4.78. The Labute approximate surface area is 155 Å². The van der Waals surface area contributed by atoms with Crippen molar-refractivity contribution in [1.82, 2.24) is 24.6 Å². The van der Waals surface area contributed by atoms with Crippen LogP contribution in [0.1, 0.15) is 71.1 Å². The molecule has 0 bridgehead atoms. The van der Waals surface area contributed by atoms with E-state index in [1.807, 2.05) is 49.4 Å². The molecule has 0 aliphatic carbocycles. The lowest BCUT2D eigenvalue weighted by atomic mass is 9.94. The number of amides is 1. The molecule has 26 heavy (non-hydrogen) atoms. The van der Waals surface area contributed by atoms with E-state index >= 15 is 0 Å². The van der Waals surface area contributed by atoms with Gasteiger partial charge in [-0.25, -0.2) is 9.97 Å². The van der Waals surface area contributed by atoms with E-state index in [2.05, 4.69) is 28.9 Å². The Bertz CT molecular complexity index is 803. The van der Waals surface area contributed by atoms with Gasteiger partial charge >= 0.3 is 0 Å². The maximum absolute atomic E-state index is 12.9. The van der Waals surface area contributed by atoms with Crippen molar-refractivity contribution in [1.29, 1.82) is 0 Å². The number of likely N-dealkylation sites (tertiary alicyclic amines) is 1. The van der Waals surface area contributed by atoms with Crippen LogP contribution in [0, 0.1) is 12.3 Å². The van der Waals surface area contributed by atoms with Crippen molar-refractivity contribution < 1.29 is 4.79 Å². The maximum Gasteiger partial charge on any atom is 0.228 e. The van der Waals surface area contributed by atoms with Gasteiger partial charge in [-0.2, -0.15) is 5.10 Å². The van der Waals surface area contributed by atoms with Crippen molar-refractivity contribution in [3.8, 4) is 11.4 Å². The molecule has 6 nitrogen and oxygen atoms in total. The summed E-state index contributed by atoms with van der Waals surface area (Å²) in [6.45, 7) is 12.8. The average molecular weight is 355 g/mol. The van der Waals surface area contributed by atoms with Crippen molar-refractivity contribution in [2.24, 2.45) is 5.41 Å². The Morgan fingerprint density at radius 3 is 2.65 bits per heavy atom. The summed E-state index contributed by atoms with van der Waals surface area (Å²) in [5.41, 5.74) is 2.40. The minimum atomic E-state index is -0.385. The average Bonchev–Trinajstić information content (AvgIpc) is 3.21. The first kappa shape index (κ1) is 18.5. The number of hydrogen-bond donors (Lipinski definition) is 0. The van der Waals surface area contributed by atoms with Crippen LogP contribution < -0.4 is 0 Å². The number of nitrogens with zero attached hydrogens (tertiary/aromatic N) is 5. The molecule has 1 aliphatic rings. The molecular formula is C20H29N5O. The van der Waals surface area contributed by atoms with Crippen LogP contribution in [0.4, 0.5) is 0 Å². The van der Waals surface area contributed by atoms with Gasteiger partial charge in [0.25, 0.3) is 0 Å². The molecule has 0 aromatic carbocycles. The van der Waals surface area contributed by atoms with Crippen LogP contribution in [0.5, 0.6) is 0 Å². The van der Waals surface area contributed by atoms with Gasteiger partial charge in [-0.15, -0.1) is 0 Å². The monoisotopic (exact) mass is 355 g/mol. The molecule has 1 fully saturated rings. The van der Waals surface area contributed by atoms with E-state index in [0.717, 1.165) is 42.3 Å². The molecule has 0 saturated carbocycles. The van der Waals surface area contributed by atoms with Gasteiger partial charge in [0, 0.05) is 24.2 Å². The zero-order valence-electron chi connectivity index (χ0n) is 16.7. The minimum absolute atomic E-state index is 0.0256. The quantitative estimate of drug-likeness (QED) is 0.836. The summed E-state index contributed by atoms with van der Waals surface area (Å²) in [5, 5.41) is 4.42. The van der Waals surface area contributed by atoms with Crippen LogP contribution >= 0.6 is 0 Å². The zero-order valence-corrected chi connectivity index (χ0v) is 16.7. The first-order chi connectivity index (χ1) is 12.2. The summed E-state index contributed by atoms with van der Waals surface area (Å²) in [7, 11) is 0. The molecule has 2 aromatic heterocycles. The Hall–Kier alpha value is -2.24. The van der Waals surface area contributed by atoms with Gasteiger partial charge < -0.3 is 4.90 Å². The highest BCUT2D eigenvalue weighted by Gasteiger charge is 2.36. The van der Waals surface area contributed by atoms with E-state index in [4.69, 9.17) is 0 Å². The van der Waals surface area contributed by atoms with Gasteiger partial charge in [0.2, 0.25) is 5.91 Å². The zero-order chi connectivity index (χ0) is 19.1. The van der Waals surface area contributed by atoms with Crippen LogP contribution in [0.3, 0.4) is 0 Å². The van der Waals surface area contributed by atoms with E-state index in [-0.39, 0.29) is 23.4 Å². The molecule has 2 aromatic rings. The fraction of sp³-hybridized carbons (Fsp3) is 0.600. The van der Waals surface area contributed by atoms with Crippen molar-refractivity contribution in [3.63, 3.8) is 0 Å². The molecule has 6 heteroatoms. The van der Waals surface area contributed by atoms with Crippen LogP contribution in [0.2, 0.25) is 0 Å². The molecule has 0 spiro atoms. The number of aromatic nitrogens is 4. The standard InChI is InChI=1S/C20H29N5O/c1-13(2)25-18(9-10-21-25)16-12-15(22-14(3)23-16)17-8-7-11-24(17)19(26)20(4,5)6/h9-10,12-13,17H,7-8,11H2,1-6H3/t17-/m0/s1. The van der Waals surface area contributed by atoms with Crippen molar-refractivity contribution in [3.05, 3.63) is 29.8 Å². The highest BCUT2D eigenvalue weighted by Crippen LogP contribution is 2.35. The highest BCUT2D eigenvalue weighted by atomic mass is 16.2. The van der Waals surface area contributed by atoms with E-state index in [9.17, 15) is 4.79 Å². The number of aryl methyl sites for hydroxylation is 1. The van der Waals surface area contributed by atoms with E-state index in [1.165, 1.54) is 0 Å². The minimum Gasteiger partial charge on any atom is -0.334 e. The summed E-state index contributed by atoms with van der Waals surface area (Å²) in [5.74, 6) is 0.911. The van der Waals surface area contributed by atoms with Crippen LogP contribution in [-0.4, -0.2) is 37.1 Å². The summed E-state index contributed by atoms with van der Waals surface area (Å²) in [6.07, 6.45) is 3.76. The van der Waals surface area contributed by atoms with Crippen LogP contribution in [0.15, 0.2) is 18.3 Å². The summed E-state index contributed by atoms with van der Waals surface area (Å²) < 4.78 is 1.97. The molecule has 3 rings (SSSR count). The topological polar surface area (TPSA) is 63.9 Å². The Balaban J connectivity index is 2.00. The summed E-state index contributed by atoms with van der Waals surface area (Å²) in [6, 6.07) is 4.29. The first-order valence-electron chi connectivity index (χ1n) is 9.39. The molecule has 1 atom stereocenters. The lowest BCUT2D eigenvalue weighted by molar-refractivity contribution is -0.140. The third kappa shape index (κ3) is 3.50. The number of hydrogen-bond acceptors (Lipinski definition) is 4. The smallest absolute Gasteiger partial charge is 0.228 e. The second-order valence-corrected chi connectivity index (χ2v) is 8.39. The fourth-order valence-corrected chi connectivity index (χ4v) is 3.57. The normalized spacial score (nSPS) is 18.0. The summed E-state index contributed by atoms with van der Waals surface area (Å²) in [4.78, 5) is 24.2. The first-order valence-corrected chi connectivity index (χ1v) is 9.39. The molecule has 3 heterocycles. The summed E-state index contributed by atoms with van der Waals surface area (Å²) >= 11 is 0. The lowest BCUT2D eigenvalue weighted by Gasteiger charge is -2.30. The highest BCUT2D eigenvalue weighted by molar-refractivity contribution is 5.82. The largest absolute Gasteiger partial charge is 0.334 e. The molecule has 0 radical (unpaired) electrons. The molecular weight excluding hydrogens is 326 g/mol. The lowest BCUT2D eigenvalue weighted by Crippen LogP contribution is -2.39. The molecule has 1 saturated heterocycles. The number of carbonyl (C=O) groups is 1. The third-order valence-corrected chi connectivity index (χ3v) is 4.78. The Morgan fingerprint density at radius 1 is 1.27 bits per heavy atom. The van der Waals surface area contributed by atoms with Crippen molar-refractivity contribution in [2.75, 3.05) is 6.54 Å². The Kier molecular flexibility index (Phi) is 4.86. The predicted octanol–water partition coefficient (Wildman–Crippen LogP) is 3.94. The van der Waals surface area contributed by atoms with Crippen LogP contribution in [-0.2, 0) is 4.79 Å². The van der Waals surface area contributed by atoms with Crippen molar-refractivity contribution in [2.45, 2.75) is 66.5 Å². The van der Waals surface area contributed by atoms with Gasteiger partial charge in [0.05, 0.1) is 23.1 Å². The second kappa shape index (κ2) is 6.82. The van der Waals surface area contributed by atoms with E-state index in [1.54, 1.807) is 6.20 Å². The molecule has 1 aliphatic heterocycles. The van der Waals surface area contributed by atoms with Gasteiger partial charge in [0.15, 0.2) is 0 Å². The van der Waals surface area contributed by atoms with E-state index in [0.29, 0.717) is 0 Å². The fourth-order valence-electron chi connectivity index (χ4n) is 3.57. The predicted molar refractivity (Wildman–Crippen MR) is 102 cm³/mol. The van der Waals surface area contributed by atoms with Crippen LogP contribution in [0.25, 0.3) is 11.4 Å². The molecule has 1 amide bonds. The van der Waals surface area contributed by atoms with Gasteiger partial charge in [0.1, 0.15) is 5.82 Å². The molecule has 0 N–H and O–H groups in total. The Morgan fingerprint density at radius 2 is 2.00 bits per heavy atom. The maximum atomic E-state index is 12.9. The molecule has 0 unspecified atom stereocenters. The van der Waals surface area contributed by atoms with E-state index < -0.39 is 0 Å². The number of carbonyl (C=O) groups excluding carboxylic acids is 1. The van der Waals surface area contributed by atoms with Gasteiger partial charge in [-0.05, 0) is 45.7 Å². The molecule has 140 valence electrons. The second-order valence-electron chi connectivity index (χ2n) is 8.39. The van der Waals surface area contributed by atoms with Gasteiger partial charge in [-0.3, -0.25) is 9.48 Å².